The summed E-state index contributed by atoms with van der Waals surface area (Å²) >= 11 is 3.30. The molecule has 0 aliphatic carbocycles. The van der Waals surface area contributed by atoms with Gasteiger partial charge in [0, 0.05) is 6.42 Å². The highest BCUT2D eigenvalue weighted by molar-refractivity contribution is 9.10. The van der Waals surface area contributed by atoms with E-state index in [1.54, 1.807) is 18.2 Å². The lowest BCUT2D eigenvalue weighted by molar-refractivity contribution is -0.156. The number of ether oxygens (including phenoxy) is 1. The Morgan fingerprint density at radius 1 is 1.56 bits per heavy atom. The van der Waals surface area contributed by atoms with Gasteiger partial charge in [-0.25, -0.2) is 4.79 Å². The van der Waals surface area contributed by atoms with Gasteiger partial charge in [-0.2, -0.15) is 0 Å². The Labute approximate surface area is 102 Å². The molecule has 16 heavy (non-hydrogen) atoms. The van der Waals surface area contributed by atoms with Crippen molar-refractivity contribution in [2.24, 2.45) is 0 Å². The average molecular weight is 289 g/mol. The van der Waals surface area contributed by atoms with Crippen molar-refractivity contribution in [1.29, 1.82) is 0 Å². The molecule has 0 saturated carbocycles. The number of aliphatic hydroxyl groups is 1. The number of aliphatic carboxylic acids is 1. The number of methoxy groups -OCH3 is 1. The Hall–Kier alpha value is -1.07. The first-order chi connectivity index (χ1) is 7.36. The van der Waals surface area contributed by atoms with Gasteiger partial charge in [0.2, 0.25) is 0 Å². The van der Waals surface area contributed by atoms with Gasteiger partial charge in [0.15, 0.2) is 5.60 Å². The number of carboxylic acids is 1. The van der Waals surface area contributed by atoms with E-state index >= 15 is 0 Å². The van der Waals surface area contributed by atoms with Crippen LogP contribution in [-0.2, 0) is 11.2 Å². The number of rotatable bonds is 4. The highest BCUT2D eigenvalue weighted by atomic mass is 79.9. The first kappa shape index (κ1) is 13.0. The van der Waals surface area contributed by atoms with Gasteiger partial charge in [0.05, 0.1) is 11.6 Å². The van der Waals surface area contributed by atoms with Crippen LogP contribution in [0.1, 0.15) is 12.5 Å². The largest absolute Gasteiger partial charge is 0.496 e. The van der Waals surface area contributed by atoms with Crippen LogP contribution in [-0.4, -0.2) is 28.9 Å². The Bertz CT molecular complexity index is 401. The zero-order valence-electron chi connectivity index (χ0n) is 9.03. The van der Waals surface area contributed by atoms with Crippen molar-refractivity contribution < 1.29 is 19.7 Å². The van der Waals surface area contributed by atoms with Gasteiger partial charge in [-0.15, -0.1) is 0 Å². The highest BCUT2D eigenvalue weighted by Gasteiger charge is 2.30. The molecule has 4 nitrogen and oxygen atoms in total. The topological polar surface area (TPSA) is 66.8 Å². The smallest absolute Gasteiger partial charge is 0.335 e. The summed E-state index contributed by atoms with van der Waals surface area (Å²) in [7, 11) is 1.53. The van der Waals surface area contributed by atoms with Gasteiger partial charge >= 0.3 is 5.97 Å². The molecule has 0 spiro atoms. The zero-order valence-corrected chi connectivity index (χ0v) is 10.6. The van der Waals surface area contributed by atoms with Gasteiger partial charge in [-0.3, -0.25) is 0 Å². The van der Waals surface area contributed by atoms with Gasteiger partial charge in [-0.05, 0) is 40.5 Å². The quantitative estimate of drug-likeness (QED) is 0.887. The van der Waals surface area contributed by atoms with E-state index in [1.807, 2.05) is 0 Å². The van der Waals surface area contributed by atoms with Crippen LogP contribution in [0.15, 0.2) is 22.7 Å². The number of hydrogen-bond donors (Lipinski definition) is 2. The van der Waals surface area contributed by atoms with Crippen molar-refractivity contribution in [3.63, 3.8) is 0 Å². The fraction of sp³-hybridized carbons (Fsp3) is 0.364. The molecule has 1 atom stereocenters. The van der Waals surface area contributed by atoms with Gasteiger partial charge in [0.25, 0.3) is 0 Å². The molecule has 1 rings (SSSR count). The van der Waals surface area contributed by atoms with Crippen LogP contribution in [0.5, 0.6) is 5.75 Å². The summed E-state index contributed by atoms with van der Waals surface area (Å²) in [6.07, 6.45) is 0.0337. The van der Waals surface area contributed by atoms with Crippen LogP contribution in [0.4, 0.5) is 0 Å². The molecule has 1 aromatic carbocycles. The standard InChI is InChI=1S/C11H13BrO4/c1-11(15,10(13)14)6-7-3-4-8(12)9(5-7)16-2/h3-5,15H,6H2,1-2H3,(H,13,14). The minimum absolute atomic E-state index is 0.0337. The average Bonchev–Trinajstić information content (AvgIpc) is 2.20. The van der Waals surface area contributed by atoms with E-state index in [9.17, 15) is 9.90 Å². The first-order valence-corrected chi connectivity index (χ1v) is 5.44. The second-order valence-corrected chi connectivity index (χ2v) is 4.58. The van der Waals surface area contributed by atoms with Crippen molar-refractivity contribution in [1.82, 2.24) is 0 Å². The summed E-state index contributed by atoms with van der Waals surface area (Å²) in [5, 5.41) is 18.4. The molecule has 0 radical (unpaired) electrons. The number of benzene rings is 1. The third kappa shape index (κ3) is 2.96. The van der Waals surface area contributed by atoms with E-state index in [-0.39, 0.29) is 6.42 Å². The number of halogens is 1. The van der Waals surface area contributed by atoms with Crippen molar-refractivity contribution in [3.05, 3.63) is 28.2 Å². The first-order valence-electron chi connectivity index (χ1n) is 4.65. The molecule has 0 fully saturated rings. The second-order valence-electron chi connectivity index (χ2n) is 3.72. The highest BCUT2D eigenvalue weighted by Crippen LogP contribution is 2.27. The van der Waals surface area contributed by atoms with Crippen molar-refractivity contribution in [2.75, 3.05) is 7.11 Å². The number of carboxylic acid groups (broad SMARTS) is 1. The monoisotopic (exact) mass is 288 g/mol. The summed E-state index contributed by atoms with van der Waals surface area (Å²) < 4.78 is 5.87. The molecule has 2 N–H and O–H groups in total. The minimum atomic E-state index is -1.77. The molecule has 0 heterocycles. The molecular weight excluding hydrogens is 276 g/mol. The molecule has 0 aromatic heterocycles. The van der Waals surface area contributed by atoms with E-state index in [0.717, 1.165) is 4.47 Å². The Kier molecular flexibility index (Phi) is 3.93. The Morgan fingerprint density at radius 2 is 2.19 bits per heavy atom. The molecule has 1 unspecified atom stereocenters. The maximum atomic E-state index is 10.8. The van der Waals surface area contributed by atoms with Crippen LogP contribution < -0.4 is 4.74 Å². The third-order valence-corrected chi connectivity index (χ3v) is 2.88. The predicted octanol–water partition coefficient (Wildman–Crippen LogP) is 1.84. The predicted molar refractivity (Wildman–Crippen MR) is 62.7 cm³/mol. The summed E-state index contributed by atoms with van der Waals surface area (Å²) in [6.45, 7) is 1.27. The summed E-state index contributed by atoms with van der Waals surface area (Å²) in [4.78, 5) is 10.8. The van der Waals surface area contributed by atoms with E-state index < -0.39 is 11.6 Å². The lowest BCUT2D eigenvalue weighted by Crippen LogP contribution is -2.37. The second kappa shape index (κ2) is 4.84. The lowest BCUT2D eigenvalue weighted by Gasteiger charge is -2.18. The van der Waals surface area contributed by atoms with Gasteiger partial charge < -0.3 is 14.9 Å². The van der Waals surface area contributed by atoms with Crippen LogP contribution in [0.2, 0.25) is 0 Å². The molecule has 0 amide bonds. The molecule has 0 saturated heterocycles. The number of carbonyl (C=O) groups is 1. The van der Waals surface area contributed by atoms with E-state index in [4.69, 9.17) is 9.84 Å². The zero-order chi connectivity index (χ0) is 12.3. The van der Waals surface area contributed by atoms with Crippen LogP contribution in [0.25, 0.3) is 0 Å². The summed E-state index contributed by atoms with van der Waals surface area (Å²) in [5.74, 6) is -0.631. The number of hydrogen-bond acceptors (Lipinski definition) is 3. The van der Waals surface area contributed by atoms with Crippen molar-refractivity contribution >= 4 is 21.9 Å². The van der Waals surface area contributed by atoms with Crippen LogP contribution in [0.3, 0.4) is 0 Å². The van der Waals surface area contributed by atoms with E-state index in [2.05, 4.69) is 15.9 Å². The Balaban J connectivity index is 2.94. The fourth-order valence-corrected chi connectivity index (χ4v) is 1.70. The molecule has 0 aliphatic rings. The van der Waals surface area contributed by atoms with Gasteiger partial charge in [0.1, 0.15) is 5.75 Å². The van der Waals surface area contributed by atoms with Gasteiger partial charge in [-0.1, -0.05) is 6.07 Å². The maximum Gasteiger partial charge on any atom is 0.335 e. The lowest BCUT2D eigenvalue weighted by atomic mass is 9.97. The Morgan fingerprint density at radius 3 is 2.69 bits per heavy atom. The van der Waals surface area contributed by atoms with Crippen LogP contribution >= 0.6 is 15.9 Å². The van der Waals surface area contributed by atoms with E-state index in [1.165, 1.54) is 14.0 Å². The molecule has 5 heteroatoms. The minimum Gasteiger partial charge on any atom is -0.496 e. The normalized spacial score (nSPS) is 14.2. The van der Waals surface area contributed by atoms with E-state index in [0.29, 0.717) is 11.3 Å². The SMILES string of the molecule is COc1cc(CC(C)(O)C(=O)O)ccc1Br. The maximum absolute atomic E-state index is 10.8. The summed E-state index contributed by atoms with van der Waals surface area (Å²) in [6, 6.07) is 5.19. The van der Waals surface area contributed by atoms with Crippen molar-refractivity contribution in [3.8, 4) is 5.75 Å². The fourth-order valence-electron chi connectivity index (χ4n) is 1.29. The molecular formula is C11H13BrO4. The third-order valence-electron chi connectivity index (χ3n) is 2.22. The molecule has 88 valence electrons. The van der Waals surface area contributed by atoms with Crippen LogP contribution in [0, 0.1) is 0 Å². The van der Waals surface area contributed by atoms with Crippen molar-refractivity contribution in [2.45, 2.75) is 18.9 Å². The molecule has 0 aliphatic heterocycles. The summed E-state index contributed by atoms with van der Waals surface area (Å²) in [5.41, 5.74) is -1.06. The molecule has 1 aromatic rings. The molecule has 0 bridgehead atoms.